The molecule has 4 N–H and O–H groups in total. The van der Waals surface area contributed by atoms with Gasteiger partial charge in [-0.3, -0.25) is 0 Å². The van der Waals surface area contributed by atoms with Gasteiger partial charge in [0.2, 0.25) is 10.0 Å². The second-order valence-corrected chi connectivity index (χ2v) is 7.05. The molecule has 0 bridgehead atoms. The van der Waals surface area contributed by atoms with E-state index in [2.05, 4.69) is 0 Å². The molecule has 0 saturated carbocycles. The molecule has 8 heteroatoms. The molecule has 7 nitrogen and oxygen atoms in total. The van der Waals surface area contributed by atoms with Crippen LogP contribution in [0.1, 0.15) is 23.7 Å². The average Bonchev–Trinajstić information content (AvgIpc) is 2.70. The molecule has 20 heavy (non-hydrogen) atoms. The maximum absolute atomic E-state index is 12.5. The van der Waals surface area contributed by atoms with Crippen molar-refractivity contribution in [1.29, 1.82) is 0 Å². The SMILES string of the molecule is CC1(O)CCN(S(=O)(=O)c2ccc(N)cc2C(=O)O)C1. The Morgan fingerprint density at radius 3 is 2.60 bits per heavy atom. The van der Waals surface area contributed by atoms with Crippen LogP contribution in [0.4, 0.5) is 5.69 Å². The molecular formula is C12H16N2O5S. The van der Waals surface area contributed by atoms with Crippen LogP contribution in [0.3, 0.4) is 0 Å². The van der Waals surface area contributed by atoms with Crippen LogP contribution in [0.15, 0.2) is 23.1 Å². The van der Waals surface area contributed by atoms with Crippen LogP contribution < -0.4 is 5.73 Å². The highest BCUT2D eigenvalue weighted by molar-refractivity contribution is 7.89. The molecule has 1 unspecified atom stereocenters. The number of nitrogen functional groups attached to an aromatic ring is 1. The third kappa shape index (κ3) is 2.62. The molecule has 0 amide bonds. The number of nitrogens with zero attached hydrogens (tertiary/aromatic N) is 1. The van der Waals surface area contributed by atoms with Gasteiger partial charge in [-0.25, -0.2) is 13.2 Å². The molecule has 1 fully saturated rings. The summed E-state index contributed by atoms with van der Waals surface area (Å²) in [6, 6.07) is 3.64. The summed E-state index contributed by atoms with van der Waals surface area (Å²) in [6.45, 7) is 1.64. The fourth-order valence-electron chi connectivity index (χ4n) is 2.19. The minimum Gasteiger partial charge on any atom is -0.478 e. The number of rotatable bonds is 3. The number of aliphatic hydroxyl groups is 1. The van der Waals surface area contributed by atoms with Gasteiger partial charge in [0, 0.05) is 18.8 Å². The summed E-state index contributed by atoms with van der Waals surface area (Å²) >= 11 is 0. The number of anilines is 1. The summed E-state index contributed by atoms with van der Waals surface area (Å²) in [6.07, 6.45) is 0.309. The van der Waals surface area contributed by atoms with Crippen molar-refractivity contribution in [2.24, 2.45) is 0 Å². The Balaban J connectivity index is 2.48. The summed E-state index contributed by atoms with van der Waals surface area (Å²) in [7, 11) is -3.97. The van der Waals surface area contributed by atoms with E-state index in [1.807, 2.05) is 0 Å². The number of hydrogen-bond acceptors (Lipinski definition) is 5. The molecule has 1 heterocycles. The predicted octanol–water partition coefficient (Wildman–Crippen LogP) is 0.112. The lowest BCUT2D eigenvalue weighted by Crippen LogP contribution is -2.34. The summed E-state index contributed by atoms with van der Waals surface area (Å²) < 4.78 is 26.0. The predicted molar refractivity (Wildman–Crippen MR) is 71.8 cm³/mol. The molecule has 1 aliphatic heterocycles. The number of carbonyl (C=O) groups is 1. The fraction of sp³-hybridized carbons (Fsp3) is 0.417. The number of benzene rings is 1. The van der Waals surface area contributed by atoms with Gasteiger partial charge >= 0.3 is 5.97 Å². The Labute approximate surface area is 116 Å². The first-order chi connectivity index (χ1) is 9.13. The van der Waals surface area contributed by atoms with Crippen LogP contribution in [0.2, 0.25) is 0 Å². The van der Waals surface area contributed by atoms with E-state index in [1.54, 1.807) is 6.92 Å². The Hall–Kier alpha value is -1.64. The van der Waals surface area contributed by atoms with Gasteiger partial charge in [-0.05, 0) is 31.5 Å². The summed E-state index contributed by atoms with van der Waals surface area (Å²) in [5.74, 6) is -1.36. The lowest BCUT2D eigenvalue weighted by atomic mass is 10.1. The van der Waals surface area contributed by atoms with E-state index >= 15 is 0 Å². The monoisotopic (exact) mass is 300 g/mol. The molecule has 1 aromatic carbocycles. The first-order valence-corrected chi connectivity index (χ1v) is 7.43. The van der Waals surface area contributed by atoms with Gasteiger partial charge in [0.05, 0.1) is 16.1 Å². The lowest BCUT2D eigenvalue weighted by Gasteiger charge is -2.20. The number of hydrogen-bond donors (Lipinski definition) is 3. The Morgan fingerprint density at radius 1 is 1.45 bits per heavy atom. The zero-order valence-electron chi connectivity index (χ0n) is 10.9. The van der Waals surface area contributed by atoms with E-state index in [0.29, 0.717) is 6.42 Å². The number of β-amino-alcohol motifs (C(OH)–C–C–N with tert-alkyl or cyclic N) is 1. The highest BCUT2D eigenvalue weighted by Crippen LogP contribution is 2.29. The molecule has 110 valence electrons. The van der Waals surface area contributed by atoms with Crippen LogP contribution in [-0.4, -0.2) is 47.6 Å². The van der Waals surface area contributed by atoms with E-state index in [9.17, 15) is 18.3 Å². The minimum atomic E-state index is -3.97. The first-order valence-electron chi connectivity index (χ1n) is 5.99. The second kappa shape index (κ2) is 4.72. The van der Waals surface area contributed by atoms with Crippen molar-refractivity contribution >= 4 is 21.7 Å². The molecule has 0 radical (unpaired) electrons. The van der Waals surface area contributed by atoms with E-state index in [4.69, 9.17) is 10.8 Å². The highest BCUT2D eigenvalue weighted by atomic mass is 32.2. The molecule has 0 aliphatic carbocycles. The van der Waals surface area contributed by atoms with Crippen molar-refractivity contribution in [1.82, 2.24) is 4.31 Å². The Bertz CT molecular complexity index is 654. The molecule has 1 aromatic rings. The third-order valence-electron chi connectivity index (χ3n) is 3.27. The average molecular weight is 300 g/mol. The van der Waals surface area contributed by atoms with Crippen LogP contribution in [0, 0.1) is 0 Å². The quantitative estimate of drug-likeness (QED) is 0.681. The van der Waals surface area contributed by atoms with Crippen LogP contribution >= 0.6 is 0 Å². The maximum atomic E-state index is 12.5. The minimum absolute atomic E-state index is 0.0568. The Kier molecular flexibility index (Phi) is 3.49. The lowest BCUT2D eigenvalue weighted by molar-refractivity contribution is 0.0692. The van der Waals surface area contributed by atoms with Gasteiger partial charge in [-0.1, -0.05) is 0 Å². The number of carboxylic acids is 1. The first kappa shape index (κ1) is 14.8. The number of sulfonamides is 1. The molecular weight excluding hydrogens is 284 g/mol. The molecule has 1 atom stereocenters. The molecule has 0 aromatic heterocycles. The summed E-state index contributed by atoms with van der Waals surface area (Å²) in [5.41, 5.74) is 4.21. The van der Waals surface area contributed by atoms with E-state index < -0.39 is 21.6 Å². The standard InChI is InChI=1S/C12H16N2O5S/c1-12(17)4-5-14(7-12)20(18,19)10-3-2-8(13)6-9(10)11(15)16/h2-3,6,17H,4-5,7,13H2,1H3,(H,15,16). The van der Waals surface area contributed by atoms with Gasteiger partial charge in [-0.2, -0.15) is 4.31 Å². The zero-order valence-corrected chi connectivity index (χ0v) is 11.7. The van der Waals surface area contributed by atoms with Crippen molar-refractivity contribution in [3.05, 3.63) is 23.8 Å². The Morgan fingerprint density at radius 2 is 2.10 bits per heavy atom. The second-order valence-electron chi connectivity index (χ2n) is 5.15. The topological polar surface area (TPSA) is 121 Å². The third-order valence-corrected chi connectivity index (χ3v) is 5.17. The zero-order chi connectivity index (χ0) is 15.1. The largest absolute Gasteiger partial charge is 0.478 e. The fourth-order valence-corrected chi connectivity index (χ4v) is 3.91. The van der Waals surface area contributed by atoms with Crippen LogP contribution in [0.5, 0.6) is 0 Å². The summed E-state index contributed by atoms with van der Waals surface area (Å²) in [5, 5.41) is 19.0. The van der Waals surface area contributed by atoms with E-state index in [1.165, 1.54) is 12.1 Å². The molecule has 1 aliphatic rings. The molecule has 1 saturated heterocycles. The maximum Gasteiger partial charge on any atom is 0.337 e. The van der Waals surface area contributed by atoms with Gasteiger partial charge in [0.25, 0.3) is 0 Å². The number of aromatic carboxylic acids is 1. The smallest absolute Gasteiger partial charge is 0.337 e. The van der Waals surface area contributed by atoms with Crippen molar-refractivity contribution in [2.45, 2.75) is 23.8 Å². The van der Waals surface area contributed by atoms with Crippen LogP contribution in [-0.2, 0) is 10.0 Å². The van der Waals surface area contributed by atoms with Crippen molar-refractivity contribution in [2.75, 3.05) is 18.8 Å². The van der Waals surface area contributed by atoms with Crippen LogP contribution in [0.25, 0.3) is 0 Å². The van der Waals surface area contributed by atoms with Crippen molar-refractivity contribution in [3.8, 4) is 0 Å². The molecule has 0 spiro atoms. The van der Waals surface area contributed by atoms with E-state index in [0.717, 1.165) is 10.4 Å². The van der Waals surface area contributed by atoms with Gasteiger partial charge in [0.1, 0.15) is 0 Å². The van der Waals surface area contributed by atoms with Gasteiger partial charge in [-0.15, -0.1) is 0 Å². The van der Waals surface area contributed by atoms with E-state index in [-0.39, 0.29) is 29.2 Å². The number of carboxylic acid groups (broad SMARTS) is 1. The van der Waals surface area contributed by atoms with Crippen molar-refractivity contribution < 1.29 is 23.4 Å². The molecule has 2 rings (SSSR count). The van der Waals surface area contributed by atoms with Gasteiger partial charge in [0.15, 0.2) is 0 Å². The summed E-state index contributed by atoms with van der Waals surface area (Å²) in [4.78, 5) is 10.9. The highest BCUT2D eigenvalue weighted by Gasteiger charge is 2.39. The van der Waals surface area contributed by atoms with Crippen molar-refractivity contribution in [3.63, 3.8) is 0 Å². The normalized spacial score (nSPS) is 23.9. The van der Waals surface area contributed by atoms with Gasteiger partial charge < -0.3 is 15.9 Å². The number of nitrogens with two attached hydrogens (primary N) is 1.